The molecule has 0 saturated heterocycles. The fourth-order valence-corrected chi connectivity index (χ4v) is 1.90. The molecule has 0 aliphatic heterocycles. The van der Waals surface area contributed by atoms with Crippen molar-refractivity contribution in [1.82, 2.24) is 0 Å². The van der Waals surface area contributed by atoms with Crippen molar-refractivity contribution in [3.63, 3.8) is 0 Å². The summed E-state index contributed by atoms with van der Waals surface area (Å²) in [5, 5.41) is 9.85. The standard InChI is InChI=1S/C14H18ClN/c1-2-3-4-5-6-13(11-16)12-7-9-14(15)10-8-12/h7-10,13H,2-6H2,1H3/t13-/m1/s1. The van der Waals surface area contributed by atoms with Crippen LogP contribution in [0.3, 0.4) is 0 Å². The van der Waals surface area contributed by atoms with E-state index in [2.05, 4.69) is 13.0 Å². The maximum atomic E-state index is 9.12. The average Bonchev–Trinajstić information content (AvgIpc) is 2.31. The highest BCUT2D eigenvalue weighted by atomic mass is 35.5. The molecule has 2 heteroatoms. The summed E-state index contributed by atoms with van der Waals surface area (Å²) in [6, 6.07) is 9.99. The lowest BCUT2D eigenvalue weighted by Gasteiger charge is -2.09. The van der Waals surface area contributed by atoms with Gasteiger partial charge in [-0.25, -0.2) is 0 Å². The van der Waals surface area contributed by atoms with E-state index < -0.39 is 0 Å². The summed E-state index contributed by atoms with van der Waals surface area (Å²) in [4.78, 5) is 0. The minimum Gasteiger partial charge on any atom is -0.198 e. The van der Waals surface area contributed by atoms with Gasteiger partial charge in [0.25, 0.3) is 0 Å². The van der Waals surface area contributed by atoms with Crippen LogP contribution in [0, 0.1) is 11.3 Å². The van der Waals surface area contributed by atoms with E-state index in [4.69, 9.17) is 16.9 Å². The first kappa shape index (κ1) is 13.1. The van der Waals surface area contributed by atoms with Crippen molar-refractivity contribution in [1.29, 1.82) is 5.26 Å². The zero-order valence-corrected chi connectivity index (χ0v) is 10.5. The summed E-state index contributed by atoms with van der Waals surface area (Å²) >= 11 is 5.82. The summed E-state index contributed by atoms with van der Waals surface area (Å²) in [5.41, 5.74) is 1.09. The lowest BCUT2D eigenvalue weighted by atomic mass is 9.94. The summed E-state index contributed by atoms with van der Waals surface area (Å²) in [7, 11) is 0. The quantitative estimate of drug-likeness (QED) is 0.643. The maximum absolute atomic E-state index is 9.12. The molecule has 1 aromatic rings. The molecule has 0 fully saturated rings. The second-order valence-corrected chi connectivity index (χ2v) is 4.52. The molecule has 0 spiro atoms. The van der Waals surface area contributed by atoms with Crippen LogP contribution in [0.4, 0.5) is 0 Å². The van der Waals surface area contributed by atoms with Crippen molar-refractivity contribution in [3.05, 3.63) is 34.9 Å². The van der Waals surface area contributed by atoms with E-state index in [-0.39, 0.29) is 5.92 Å². The number of halogens is 1. The van der Waals surface area contributed by atoms with Crippen LogP contribution in [0.2, 0.25) is 5.02 Å². The number of benzene rings is 1. The van der Waals surface area contributed by atoms with E-state index in [0.717, 1.165) is 23.4 Å². The molecule has 0 N–H and O–H groups in total. The first-order valence-electron chi connectivity index (χ1n) is 5.93. The Morgan fingerprint density at radius 2 is 1.88 bits per heavy atom. The van der Waals surface area contributed by atoms with Crippen molar-refractivity contribution < 1.29 is 0 Å². The molecule has 0 aliphatic rings. The van der Waals surface area contributed by atoms with Crippen LogP contribution in [0.1, 0.15) is 50.5 Å². The van der Waals surface area contributed by atoms with Crippen LogP contribution in [-0.4, -0.2) is 0 Å². The van der Waals surface area contributed by atoms with Gasteiger partial charge in [0.15, 0.2) is 0 Å². The molecular formula is C14H18ClN. The molecule has 0 bridgehead atoms. The lowest BCUT2D eigenvalue weighted by molar-refractivity contribution is 0.608. The van der Waals surface area contributed by atoms with Crippen molar-refractivity contribution in [2.75, 3.05) is 0 Å². The summed E-state index contributed by atoms with van der Waals surface area (Å²) < 4.78 is 0. The topological polar surface area (TPSA) is 23.8 Å². The smallest absolute Gasteiger partial charge is 0.0712 e. The number of unbranched alkanes of at least 4 members (excludes halogenated alkanes) is 3. The molecule has 0 unspecified atom stereocenters. The minimum absolute atomic E-state index is 0.0223. The van der Waals surface area contributed by atoms with E-state index in [1.807, 2.05) is 24.3 Å². The minimum atomic E-state index is 0.0223. The second kappa shape index (κ2) is 7.30. The molecule has 0 amide bonds. The van der Waals surface area contributed by atoms with Gasteiger partial charge < -0.3 is 0 Å². The Bertz CT molecular complexity index is 337. The Morgan fingerprint density at radius 1 is 1.19 bits per heavy atom. The zero-order valence-electron chi connectivity index (χ0n) is 9.75. The molecule has 0 saturated carbocycles. The van der Waals surface area contributed by atoms with Gasteiger partial charge in [-0.2, -0.15) is 5.26 Å². The van der Waals surface area contributed by atoms with Gasteiger partial charge in [0.1, 0.15) is 0 Å². The normalized spacial score (nSPS) is 12.1. The third-order valence-corrected chi connectivity index (χ3v) is 3.03. The second-order valence-electron chi connectivity index (χ2n) is 4.08. The highest BCUT2D eigenvalue weighted by Gasteiger charge is 2.09. The fourth-order valence-electron chi connectivity index (χ4n) is 1.78. The molecular weight excluding hydrogens is 218 g/mol. The van der Waals surface area contributed by atoms with Gasteiger partial charge in [0.2, 0.25) is 0 Å². The average molecular weight is 236 g/mol. The van der Waals surface area contributed by atoms with E-state index in [9.17, 15) is 0 Å². The van der Waals surface area contributed by atoms with Gasteiger partial charge in [0, 0.05) is 5.02 Å². The number of nitrogens with zero attached hydrogens (tertiary/aromatic N) is 1. The fraction of sp³-hybridized carbons (Fsp3) is 0.500. The van der Waals surface area contributed by atoms with Crippen LogP contribution >= 0.6 is 11.6 Å². The van der Waals surface area contributed by atoms with Crippen molar-refractivity contribution in [3.8, 4) is 6.07 Å². The molecule has 1 rings (SSSR count). The molecule has 1 aromatic carbocycles. The lowest BCUT2D eigenvalue weighted by Crippen LogP contribution is -1.95. The Balaban J connectivity index is 2.48. The van der Waals surface area contributed by atoms with Gasteiger partial charge in [-0.3, -0.25) is 0 Å². The van der Waals surface area contributed by atoms with Gasteiger partial charge in [0.05, 0.1) is 12.0 Å². The van der Waals surface area contributed by atoms with E-state index in [1.54, 1.807) is 0 Å². The number of hydrogen-bond donors (Lipinski definition) is 0. The predicted octanol–water partition coefficient (Wildman–Crippen LogP) is 4.92. The van der Waals surface area contributed by atoms with Crippen LogP contribution in [-0.2, 0) is 0 Å². The van der Waals surface area contributed by atoms with Crippen LogP contribution in [0.5, 0.6) is 0 Å². The van der Waals surface area contributed by atoms with Crippen LogP contribution < -0.4 is 0 Å². The summed E-state index contributed by atoms with van der Waals surface area (Å²) in [6.07, 6.45) is 5.81. The monoisotopic (exact) mass is 235 g/mol. The molecule has 0 aromatic heterocycles. The summed E-state index contributed by atoms with van der Waals surface area (Å²) in [6.45, 7) is 2.20. The van der Waals surface area contributed by atoms with Crippen molar-refractivity contribution in [2.24, 2.45) is 0 Å². The zero-order chi connectivity index (χ0) is 11.8. The number of nitriles is 1. The van der Waals surface area contributed by atoms with E-state index in [1.165, 1.54) is 19.3 Å². The highest BCUT2D eigenvalue weighted by Crippen LogP contribution is 2.23. The molecule has 0 radical (unpaired) electrons. The van der Waals surface area contributed by atoms with Crippen molar-refractivity contribution >= 4 is 11.6 Å². The van der Waals surface area contributed by atoms with E-state index >= 15 is 0 Å². The van der Waals surface area contributed by atoms with Gasteiger partial charge in [-0.15, -0.1) is 0 Å². The molecule has 0 aliphatic carbocycles. The maximum Gasteiger partial charge on any atom is 0.0712 e. The Morgan fingerprint density at radius 3 is 2.44 bits per heavy atom. The predicted molar refractivity (Wildman–Crippen MR) is 68.6 cm³/mol. The largest absolute Gasteiger partial charge is 0.198 e. The first-order chi connectivity index (χ1) is 7.77. The van der Waals surface area contributed by atoms with Crippen LogP contribution in [0.25, 0.3) is 0 Å². The first-order valence-corrected chi connectivity index (χ1v) is 6.30. The van der Waals surface area contributed by atoms with Gasteiger partial charge in [-0.1, -0.05) is 56.3 Å². The molecule has 1 atom stereocenters. The third-order valence-electron chi connectivity index (χ3n) is 2.77. The highest BCUT2D eigenvalue weighted by molar-refractivity contribution is 6.30. The summed E-state index contributed by atoms with van der Waals surface area (Å²) in [5.74, 6) is 0.0223. The van der Waals surface area contributed by atoms with E-state index in [0.29, 0.717) is 0 Å². The Kier molecular flexibility index (Phi) is 5.96. The number of hydrogen-bond acceptors (Lipinski definition) is 1. The van der Waals surface area contributed by atoms with Crippen LogP contribution in [0.15, 0.2) is 24.3 Å². The SMILES string of the molecule is CCCCCC[C@H](C#N)c1ccc(Cl)cc1. The Labute approximate surface area is 103 Å². The van der Waals surface area contributed by atoms with Gasteiger partial charge in [-0.05, 0) is 24.1 Å². The number of rotatable bonds is 6. The Hall–Kier alpha value is -1.00. The van der Waals surface area contributed by atoms with Crippen molar-refractivity contribution in [2.45, 2.75) is 44.9 Å². The third kappa shape index (κ3) is 4.24. The molecule has 16 heavy (non-hydrogen) atoms. The van der Waals surface area contributed by atoms with Gasteiger partial charge >= 0.3 is 0 Å². The molecule has 86 valence electrons. The molecule has 0 heterocycles. The molecule has 1 nitrogen and oxygen atoms in total.